The van der Waals surface area contributed by atoms with Gasteiger partial charge in [0.2, 0.25) is 5.95 Å². The van der Waals surface area contributed by atoms with E-state index in [1.165, 1.54) is 0 Å². The maximum Gasteiger partial charge on any atom is 0.221 e. The minimum absolute atomic E-state index is 0.242. The van der Waals surface area contributed by atoms with E-state index in [-0.39, 0.29) is 5.95 Å². The largest absolute Gasteiger partial charge is 0.368 e. The Morgan fingerprint density at radius 3 is 2.30 bits per heavy atom. The maximum absolute atomic E-state index is 5.80. The molecule has 0 fully saturated rings. The third-order valence-corrected chi connectivity index (χ3v) is 3.34. The Bertz CT molecular complexity index is 727. The summed E-state index contributed by atoms with van der Waals surface area (Å²) in [6.45, 7) is 0. The van der Waals surface area contributed by atoms with E-state index in [1.807, 2.05) is 48.5 Å². The van der Waals surface area contributed by atoms with Gasteiger partial charge in [-0.25, -0.2) is 9.97 Å². The van der Waals surface area contributed by atoms with Gasteiger partial charge in [0.25, 0.3) is 0 Å². The van der Waals surface area contributed by atoms with E-state index < -0.39 is 0 Å². The van der Waals surface area contributed by atoms with Crippen LogP contribution in [0.4, 0.5) is 5.95 Å². The van der Waals surface area contributed by atoms with Gasteiger partial charge < -0.3 is 5.73 Å². The van der Waals surface area contributed by atoms with Crippen LogP contribution in [0, 0.1) is 0 Å². The molecule has 0 amide bonds. The number of anilines is 1. The highest BCUT2D eigenvalue weighted by Gasteiger charge is 2.07. The highest BCUT2D eigenvalue weighted by atomic mass is 79.9. The van der Waals surface area contributed by atoms with E-state index in [0.29, 0.717) is 0 Å². The molecule has 0 bridgehead atoms. The zero-order valence-corrected chi connectivity index (χ0v) is 12.1. The summed E-state index contributed by atoms with van der Waals surface area (Å²) in [7, 11) is 0. The molecule has 0 radical (unpaired) electrons. The van der Waals surface area contributed by atoms with Gasteiger partial charge in [-0.15, -0.1) is 0 Å². The Labute approximate surface area is 124 Å². The first kappa shape index (κ1) is 12.7. The number of rotatable bonds is 2. The number of nitrogens with two attached hydrogens (primary N) is 1. The fraction of sp³-hybridized carbons (Fsp3) is 0. The predicted molar refractivity (Wildman–Crippen MR) is 82.8 cm³/mol. The van der Waals surface area contributed by atoms with Crippen molar-refractivity contribution in [2.45, 2.75) is 0 Å². The summed E-state index contributed by atoms with van der Waals surface area (Å²) in [4.78, 5) is 12.8. The van der Waals surface area contributed by atoms with Crippen molar-refractivity contribution in [1.29, 1.82) is 0 Å². The third kappa shape index (κ3) is 2.67. The fourth-order valence-electron chi connectivity index (χ4n) is 1.88. The summed E-state index contributed by atoms with van der Waals surface area (Å²) in [6, 6.07) is 15.5. The Morgan fingerprint density at radius 1 is 0.850 bits per heavy atom. The van der Waals surface area contributed by atoms with Crippen molar-refractivity contribution in [2.24, 2.45) is 0 Å². The van der Waals surface area contributed by atoms with Gasteiger partial charge in [-0.2, -0.15) is 0 Å². The Morgan fingerprint density at radius 2 is 1.60 bits per heavy atom. The van der Waals surface area contributed by atoms with Crippen molar-refractivity contribution in [3.8, 4) is 22.6 Å². The van der Waals surface area contributed by atoms with Gasteiger partial charge in [-0.3, -0.25) is 4.98 Å². The summed E-state index contributed by atoms with van der Waals surface area (Å²) < 4.78 is 1.02. The fourth-order valence-corrected chi connectivity index (χ4v) is 2.14. The second-order valence-electron chi connectivity index (χ2n) is 4.22. The molecular weight excluding hydrogens is 316 g/mol. The van der Waals surface area contributed by atoms with E-state index in [2.05, 4.69) is 30.9 Å². The van der Waals surface area contributed by atoms with Crippen LogP contribution in [-0.2, 0) is 0 Å². The molecule has 2 N–H and O–H groups in total. The van der Waals surface area contributed by atoms with Crippen molar-refractivity contribution in [1.82, 2.24) is 15.0 Å². The Kier molecular flexibility index (Phi) is 3.43. The van der Waals surface area contributed by atoms with E-state index in [1.54, 1.807) is 6.20 Å². The molecule has 0 aliphatic heterocycles. The molecular formula is C15H11BrN4. The smallest absolute Gasteiger partial charge is 0.221 e. The van der Waals surface area contributed by atoms with Crippen LogP contribution in [-0.4, -0.2) is 15.0 Å². The lowest BCUT2D eigenvalue weighted by molar-refractivity contribution is 1.17. The van der Waals surface area contributed by atoms with Crippen LogP contribution < -0.4 is 5.73 Å². The Hall–Kier alpha value is -2.27. The average Bonchev–Trinajstić information content (AvgIpc) is 2.48. The molecule has 3 rings (SSSR count). The molecule has 0 saturated heterocycles. The van der Waals surface area contributed by atoms with Gasteiger partial charge in [0, 0.05) is 16.2 Å². The van der Waals surface area contributed by atoms with Gasteiger partial charge in [0.15, 0.2) is 0 Å². The topological polar surface area (TPSA) is 64.7 Å². The lowest BCUT2D eigenvalue weighted by Crippen LogP contribution is -1.99. The van der Waals surface area contributed by atoms with Gasteiger partial charge in [0.05, 0.1) is 17.1 Å². The summed E-state index contributed by atoms with van der Waals surface area (Å²) in [5, 5.41) is 0. The first-order valence-corrected chi connectivity index (χ1v) is 6.83. The molecule has 98 valence electrons. The molecule has 2 aromatic heterocycles. The number of nitrogens with zero attached hydrogens (tertiary/aromatic N) is 3. The molecule has 0 aliphatic rings. The van der Waals surface area contributed by atoms with Gasteiger partial charge in [-0.05, 0) is 30.3 Å². The number of hydrogen-bond acceptors (Lipinski definition) is 4. The molecule has 0 saturated carbocycles. The van der Waals surface area contributed by atoms with Crippen molar-refractivity contribution in [3.63, 3.8) is 0 Å². The molecule has 3 aromatic rings. The van der Waals surface area contributed by atoms with Crippen molar-refractivity contribution in [2.75, 3.05) is 5.73 Å². The summed E-state index contributed by atoms with van der Waals surface area (Å²) in [6.07, 6.45) is 1.73. The number of pyridine rings is 1. The zero-order valence-electron chi connectivity index (χ0n) is 10.5. The lowest BCUT2D eigenvalue weighted by atomic mass is 10.1. The molecule has 2 heterocycles. The average molecular weight is 327 g/mol. The van der Waals surface area contributed by atoms with Gasteiger partial charge in [-0.1, -0.05) is 34.1 Å². The minimum atomic E-state index is 0.242. The number of benzene rings is 1. The normalized spacial score (nSPS) is 10.4. The van der Waals surface area contributed by atoms with Crippen LogP contribution in [0.2, 0.25) is 0 Å². The molecule has 0 atom stereocenters. The first-order chi connectivity index (χ1) is 9.72. The molecule has 4 nitrogen and oxygen atoms in total. The highest BCUT2D eigenvalue weighted by Crippen LogP contribution is 2.24. The lowest BCUT2D eigenvalue weighted by Gasteiger charge is -2.06. The van der Waals surface area contributed by atoms with Gasteiger partial charge in [0.1, 0.15) is 0 Å². The highest BCUT2D eigenvalue weighted by molar-refractivity contribution is 9.10. The van der Waals surface area contributed by atoms with E-state index in [4.69, 9.17) is 5.73 Å². The zero-order chi connectivity index (χ0) is 13.9. The molecule has 1 aromatic carbocycles. The first-order valence-electron chi connectivity index (χ1n) is 6.04. The Balaban J connectivity index is 2.09. The van der Waals surface area contributed by atoms with E-state index >= 15 is 0 Å². The van der Waals surface area contributed by atoms with E-state index in [9.17, 15) is 0 Å². The maximum atomic E-state index is 5.80. The van der Waals surface area contributed by atoms with Crippen LogP contribution in [0.15, 0.2) is 59.2 Å². The van der Waals surface area contributed by atoms with Crippen molar-refractivity contribution < 1.29 is 0 Å². The number of aromatic nitrogens is 3. The summed E-state index contributed by atoms with van der Waals surface area (Å²) >= 11 is 3.42. The van der Waals surface area contributed by atoms with E-state index in [0.717, 1.165) is 27.1 Å². The van der Waals surface area contributed by atoms with Crippen LogP contribution in [0.25, 0.3) is 22.6 Å². The minimum Gasteiger partial charge on any atom is -0.368 e. The van der Waals surface area contributed by atoms with Crippen LogP contribution in [0.5, 0.6) is 0 Å². The quantitative estimate of drug-likeness (QED) is 0.782. The monoisotopic (exact) mass is 326 g/mol. The summed E-state index contributed by atoms with van der Waals surface area (Å²) in [5.41, 5.74) is 9.07. The molecule has 0 aliphatic carbocycles. The third-order valence-electron chi connectivity index (χ3n) is 2.81. The number of halogens is 1. The number of nitrogen functional groups attached to an aromatic ring is 1. The molecule has 0 spiro atoms. The van der Waals surface area contributed by atoms with Crippen molar-refractivity contribution in [3.05, 3.63) is 59.2 Å². The van der Waals surface area contributed by atoms with Crippen LogP contribution in [0.1, 0.15) is 0 Å². The molecule has 5 heteroatoms. The van der Waals surface area contributed by atoms with Crippen LogP contribution in [0.3, 0.4) is 0 Å². The second kappa shape index (κ2) is 5.38. The second-order valence-corrected chi connectivity index (χ2v) is 5.13. The van der Waals surface area contributed by atoms with Crippen molar-refractivity contribution >= 4 is 21.9 Å². The SMILES string of the molecule is Nc1nc(-c2ccc(Br)cc2)cc(-c2ccccn2)n1. The summed E-state index contributed by atoms with van der Waals surface area (Å²) in [5.74, 6) is 0.242. The van der Waals surface area contributed by atoms with Gasteiger partial charge >= 0.3 is 0 Å². The van der Waals surface area contributed by atoms with Crippen LogP contribution >= 0.6 is 15.9 Å². The standard InChI is InChI=1S/C15H11BrN4/c16-11-6-4-10(5-7-11)13-9-14(20-15(17)19-13)12-3-1-2-8-18-12/h1-9H,(H2,17,19,20). The molecule has 0 unspecified atom stereocenters. The predicted octanol–water partition coefficient (Wildman–Crippen LogP) is 3.55. The molecule has 20 heavy (non-hydrogen) atoms. The number of hydrogen-bond donors (Lipinski definition) is 1.